The molecule has 1 atom stereocenters. The Labute approximate surface area is 125 Å². The molecule has 0 aliphatic heterocycles. The first-order valence-electron chi connectivity index (χ1n) is 6.97. The maximum atomic E-state index is 11.2. The second kappa shape index (κ2) is 6.87. The lowest BCUT2D eigenvalue weighted by Crippen LogP contribution is -2.43. The molecule has 0 bridgehead atoms. The zero-order valence-corrected chi connectivity index (χ0v) is 13.3. The van der Waals surface area contributed by atoms with Crippen molar-refractivity contribution in [2.75, 3.05) is 32.5 Å². The van der Waals surface area contributed by atoms with Crippen LogP contribution < -0.4 is 5.32 Å². The first-order valence-corrected chi connectivity index (χ1v) is 6.97. The molecule has 1 aromatic rings. The minimum atomic E-state index is -0.984. The van der Waals surface area contributed by atoms with Crippen molar-refractivity contribution in [2.45, 2.75) is 32.3 Å². The molecule has 6 heteroatoms. The number of carboxylic acid groups (broad SMARTS) is 1. The number of pyridine rings is 1. The van der Waals surface area contributed by atoms with E-state index >= 15 is 0 Å². The Bertz CT molecular complexity index is 499. The second-order valence-electron chi connectivity index (χ2n) is 6.21. The number of likely N-dealkylation sites (N-methyl/N-ethyl adjacent to an activating group) is 1. The smallest absolute Gasteiger partial charge is 0.335 e. The van der Waals surface area contributed by atoms with Crippen molar-refractivity contribution >= 4 is 11.8 Å². The number of carbonyl (C=O) groups is 1. The van der Waals surface area contributed by atoms with Crippen molar-refractivity contribution in [3.8, 4) is 0 Å². The molecule has 1 rings (SSSR count). The zero-order valence-electron chi connectivity index (χ0n) is 13.3. The Balaban J connectivity index is 2.90. The van der Waals surface area contributed by atoms with E-state index in [9.17, 15) is 9.90 Å². The number of anilines is 1. The average Bonchev–Trinajstić information content (AvgIpc) is 2.34. The summed E-state index contributed by atoms with van der Waals surface area (Å²) in [6.07, 6.45) is 0. The highest BCUT2D eigenvalue weighted by molar-refractivity contribution is 5.88. The van der Waals surface area contributed by atoms with Crippen molar-refractivity contribution in [3.63, 3.8) is 0 Å². The summed E-state index contributed by atoms with van der Waals surface area (Å²) in [5.41, 5.74) is -0.0179. The van der Waals surface area contributed by atoms with Gasteiger partial charge in [-0.05, 0) is 39.1 Å². The number of nitrogens with one attached hydrogen (secondary N) is 1. The molecule has 1 heterocycles. The van der Waals surface area contributed by atoms with Crippen molar-refractivity contribution in [2.24, 2.45) is 0 Å². The van der Waals surface area contributed by atoms with E-state index in [0.29, 0.717) is 24.6 Å². The molecule has 1 unspecified atom stereocenters. The summed E-state index contributed by atoms with van der Waals surface area (Å²) in [7, 11) is 3.77. The van der Waals surface area contributed by atoms with Gasteiger partial charge >= 0.3 is 5.97 Å². The van der Waals surface area contributed by atoms with Crippen LogP contribution in [-0.4, -0.2) is 58.9 Å². The van der Waals surface area contributed by atoms with Crippen LogP contribution in [0.1, 0.15) is 42.7 Å². The molecule has 21 heavy (non-hydrogen) atoms. The Kier molecular flexibility index (Phi) is 5.69. The molecular weight excluding hydrogens is 270 g/mol. The number of aromatic nitrogens is 1. The summed E-state index contributed by atoms with van der Waals surface area (Å²) < 4.78 is 0. The fourth-order valence-corrected chi connectivity index (χ4v) is 2.08. The largest absolute Gasteiger partial charge is 0.478 e. The van der Waals surface area contributed by atoms with Gasteiger partial charge < -0.3 is 20.4 Å². The SMILES string of the molecule is CC(C)c1cc(C(=O)O)cc(NCC(C)(O)CN(C)C)n1. The molecule has 1 aromatic heterocycles. The molecule has 118 valence electrons. The van der Waals surface area contributed by atoms with Gasteiger partial charge in [0.15, 0.2) is 0 Å². The molecule has 3 N–H and O–H groups in total. The topological polar surface area (TPSA) is 85.7 Å². The number of hydrogen-bond donors (Lipinski definition) is 3. The van der Waals surface area contributed by atoms with Gasteiger partial charge in [-0.2, -0.15) is 0 Å². The number of carboxylic acids is 1. The van der Waals surface area contributed by atoms with Crippen LogP contribution in [0.15, 0.2) is 12.1 Å². The molecule has 6 nitrogen and oxygen atoms in total. The first kappa shape index (κ1) is 17.4. The Morgan fingerprint density at radius 1 is 1.43 bits per heavy atom. The quantitative estimate of drug-likeness (QED) is 0.709. The maximum Gasteiger partial charge on any atom is 0.335 e. The molecule has 0 saturated carbocycles. The highest BCUT2D eigenvalue weighted by Crippen LogP contribution is 2.18. The van der Waals surface area contributed by atoms with Crippen molar-refractivity contribution < 1.29 is 15.0 Å². The van der Waals surface area contributed by atoms with Gasteiger partial charge in [-0.15, -0.1) is 0 Å². The zero-order chi connectivity index (χ0) is 16.2. The maximum absolute atomic E-state index is 11.2. The first-order chi connectivity index (χ1) is 9.60. The third-order valence-corrected chi connectivity index (χ3v) is 2.99. The van der Waals surface area contributed by atoms with E-state index in [1.54, 1.807) is 13.0 Å². The van der Waals surface area contributed by atoms with E-state index in [2.05, 4.69) is 10.3 Å². The monoisotopic (exact) mass is 295 g/mol. The highest BCUT2D eigenvalue weighted by atomic mass is 16.4. The summed E-state index contributed by atoms with van der Waals surface area (Å²) in [4.78, 5) is 17.5. The number of aromatic carboxylic acids is 1. The van der Waals surface area contributed by atoms with Crippen molar-refractivity contribution in [1.29, 1.82) is 0 Å². The van der Waals surface area contributed by atoms with Crippen LogP contribution in [0.5, 0.6) is 0 Å². The predicted molar refractivity (Wildman–Crippen MR) is 83.0 cm³/mol. The fraction of sp³-hybridized carbons (Fsp3) is 0.600. The summed E-state index contributed by atoms with van der Waals surface area (Å²) in [5, 5.41) is 22.4. The molecular formula is C15H25N3O3. The van der Waals surface area contributed by atoms with Crippen LogP contribution in [0.2, 0.25) is 0 Å². The van der Waals surface area contributed by atoms with Crippen LogP contribution in [0, 0.1) is 0 Å². The number of aliphatic hydroxyl groups is 1. The minimum Gasteiger partial charge on any atom is -0.478 e. The van der Waals surface area contributed by atoms with Gasteiger partial charge in [0, 0.05) is 18.8 Å². The highest BCUT2D eigenvalue weighted by Gasteiger charge is 2.21. The molecule has 0 spiro atoms. The van der Waals surface area contributed by atoms with Crippen LogP contribution in [0.25, 0.3) is 0 Å². The van der Waals surface area contributed by atoms with E-state index in [1.165, 1.54) is 6.07 Å². The van der Waals surface area contributed by atoms with E-state index in [1.807, 2.05) is 32.8 Å². The Morgan fingerprint density at radius 3 is 2.52 bits per heavy atom. The second-order valence-corrected chi connectivity index (χ2v) is 6.21. The summed E-state index contributed by atoms with van der Waals surface area (Å²) in [5.74, 6) is -0.382. The van der Waals surface area contributed by atoms with Gasteiger partial charge in [0.25, 0.3) is 0 Å². The molecule has 0 amide bonds. The summed E-state index contributed by atoms with van der Waals surface area (Å²) >= 11 is 0. The van der Waals surface area contributed by atoms with Gasteiger partial charge in [0.05, 0.1) is 11.2 Å². The molecule has 0 radical (unpaired) electrons. The van der Waals surface area contributed by atoms with E-state index in [-0.39, 0.29) is 11.5 Å². The van der Waals surface area contributed by atoms with Crippen LogP contribution >= 0.6 is 0 Å². The third-order valence-electron chi connectivity index (χ3n) is 2.99. The van der Waals surface area contributed by atoms with E-state index < -0.39 is 11.6 Å². The van der Waals surface area contributed by atoms with Crippen LogP contribution in [-0.2, 0) is 0 Å². The van der Waals surface area contributed by atoms with Gasteiger partial charge in [0.2, 0.25) is 0 Å². The standard InChI is InChI=1S/C15H25N3O3/c1-10(2)12-6-11(14(19)20)7-13(17-12)16-8-15(3,21)9-18(4)5/h6-7,10,21H,8-9H2,1-5H3,(H,16,17)(H,19,20). The third kappa shape index (κ3) is 5.69. The van der Waals surface area contributed by atoms with Crippen LogP contribution in [0.3, 0.4) is 0 Å². The normalized spacial score (nSPS) is 14.3. The minimum absolute atomic E-state index is 0.132. The molecule has 0 aromatic carbocycles. The van der Waals surface area contributed by atoms with E-state index in [0.717, 1.165) is 0 Å². The van der Waals surface area contributed by atoms with E-state index in [4.69, 9.17) is 5.11 Å². The molecule has 0 saturated heterocycles. The van der Waals surface area contributed by atoms with Crippen LogP contribution in [0.4, 0.5) is 5.82 Å². The van der Waals surface area contributed by atoms with Crippen molar-refractivity contribution in [1.82, 2.24) is 9.88 Å². The number of nitrogens with zero attached hydrogens (tertiary/aromatic N) is 2. The van der Waals surface area contributed by atoms with Gasteiger partial charge in [-0.3, -0.25) is 0 Å². The van der Waals surface area contributed by atoms with Gasteiger partial charge in [0.1, 0.15) is 5.82 Å². The molecule has 0 aliphatic rings. The summed E-state index contributed by atoms with van der Waals surface area (Å²) in [6.45, 7) is 6.43. The lowest BCUT2D eigenvalue weighted by Gasteiger charge is -2.27. The van der Waals surface area contributed by atoms with Gasteiger partial charge in [-0.25, -0.2) is 9.78 Å². The average molecular weight is 295 g/mol. The number of rotatable bonds is 7. The lowest BCUT2D eigenvalue weighted by atomic mass is 10.1. The van der Waals surface area contributed by atoms with Gasteiger partial charge in [-0.1, -0.05) is 13.8 Å². The lowest BCUT2D eigenvalue weighted by molar-refractivity contribution is 0.0459. The number of hydrogen-bond acceptors (Lipinski definition) is 5. The molecule has 0 fully saturated rings. The summed E-state index contributed by atoms with van der Waals surface area (Å²) in [6, 6.07) is 3.07. The molecule has 0 aliphatic carbocycles. The Morgan fingerprint density at radius 2 is 2.05 bits per heavy atom. The fourth-order valence-electron chi connectivity index (χ4n) is 2.08. The van der Waals surface area contributed by atoms with Crippen molar-refractivity contribution in [3.05, 3.63) is 23.4 Å². The Hall–Kier alpha value is -1.66. The predicted octanol–water partition coefficient (Wildman–Crippen LogP) is 1.63.